The van der Waals surface area contributed by atoms with Crippen LogP contribution in [0.2, 0.25) is 0 Å². The van der Waals surface area contributed by atoms with Crippen molar-refractivity contribution >= 4 is 16.8 Å². The van der Waals surface area contributed by atoms with Crippen molar-refractivity contribution in [2.75, 3.05) is 13.1 Å². The molecule has 0 aliphatic carbocycles. The van der Waals surface area contributed by atoms with Crippen LogP contribution >= 0.6 is 0 Å². The number of aromatic nitrogens is 3. The van der Waals surface area contributed by atoms with Crippen molar-refractivity contribution in [2.24, 2.45) is 13.0 Å². The zero-order chi connectivity index (χ0) is 19.8. The Morgan fingerprint density at radius 3 is 2.86 bits per heavy atom. The Morgan fingerprint density at radius 2 is 2.14 bits per heavy atom. The van der Waals surface area contributed by atoms with E-state index in [-0.39, 0.29) is 11.8 Å². The van der Waals surface area contributed by atoms with Crippen LogP contribution in [-0.4, -0.2) is 38.7 Å². The number of nitrogens with zero attached hydrogens (tertiary/aromatic N) is 5. The number of aryl methyl sites for hydroxylation is 3. The number of rotatable bonds is 2. The topological polar surface area (TPSA) is 74.8 Å². The van der Waals surface area contributed by atoms with Crippen molar-refractivity contribution < 1.29 is 4.79 Å². The zero-order valence-corrected chi connectivity index (χ0v) is 16.4. The van der Waals surface area contributed by atoms with Gasteiger partial charge in [-0.15, -0.1) is 0 Å². The normalized spacial score (nSPS) is 16.9. The molecule has 0 saturated carbocycles. The molecule has 3 heterocycles. The molecule has 142 valence electrons. The van der Waals surface area contributed by atoms with Gasteiger partial charge in [0.1, 0.15) is 0 Å². The predicted octanol–water partition coefficient (Wildman–Crippen LogP) is 3.63. The van der Waals surface area contributed by atoms with E-state index in [1.165, 1.54) is 0 Å². The van der Waals surface area contributed by atoms with Gasteiger partial charge in [-0.25, -0.2) is 4.98 Å². The third kappa shape index (κ3) is 3.13. The molecular weight excluding hydrogens is 350 g/mol. The van der Waals surface area contributed by atoms with Crippen LogP contribution in [0.4, 0.5) is 0 Å². The van der Waals surface area contributed by atoms with Gasteiger partial charge in [0, 0.05) is 37.3 Å². The van der Waals surface area contributed by atoms with Gasteiger partial charge in [0.25, 0.3) is 5.91 Å². The maximum Gasteiger partial charge on any atom is 0.254 e. The molecule has 1 fully saturated rings. The Balaban J connectivity index is 1.87. The van der Waals surface area contributed by atoms with Crippen molar-refractivity contribution in [3.05, 3.63) is 47.3 Å². The van der Waals surface area contributed by atoms with E-state index in [2.05, 4.69) is 18.1 Å². The number of piperidine rings is 1. The first-order valence-corrected chi connectivity index (χ1v) is 9.57. The van der Waals surface area contributed by atoms with Gasteiger partial charge in [-0.1, -0.05) is 12.1 Å². The molecule has 0 N–H and O–H groups in total. The SMILES string of the molecule is Cc1ccc2c(C(=O)N3CCCC(C#N)C3)cc(-c3cnn(C)c3)nc2c1C. The summed E-state index contributed by atoms with van der Waals surface area (Å²) in [5.74, 6) is -0.117. The summed E-state index contributed by atoms with van der Waals surface area (Å²) >= 11 is 0. The van der Waals surface area contributed by atoms with E-state index in [0.717, 1.165) is 46.1 Å². The third-order valence-corrected chi connectivity index (χ3v) is 5.63. The molecule has 4 rings (SSSR count). The highest BCUT2D eigenvalue weighted by molar-refractivity contribution is 6.08. The second-order valence-electron chi connectivity index (χ2n) is 7.58. The predicted molar refractivity (Wildman–Crippen MR) is 108 cm³/mol. The molecule has 1 atom stereocenters. The minimum atomic E-state index is -0.0902. The molecule has 1 amide bonds. The van der Waals surface area contributed by atoms with E-state index in [1.807, 2.05) is 43.3 Å². The molecule has 6 heteroatoms. The Kier molecular flexibility index (Phi) is 4.60. The molecule has 1 aromatic carbocycles. The number of fused-ring (bicyclic) bond motifs is 1. The lowest BCUT2D eigenvalue weighted by Gasteiger charge is -2.30. The van der Waals surface area contributed by atoms with Gasteiger partial charge in [0.2, 0.25) is 0 Å². The lowest BCUT2D eigenvalue weighted by atomic mass is 9.96. The fourth-order valence-electron chi connectivity index (χ4n) is 3.85. The highest BCUT2D eigenvalue weighted by Crippen LogP contribution is 2.30. The number of benzene rings is 1. The third-order valence-electron chi connectivity index (χ3n) is 5.63. The van der Waals surface area contributed by atoms with Gasteiger partial charge in [-0.3, -0.25) is 9.48 Å². The number of carbonyl (C=O) groups excluding carboxylic acids is 1. The van der Waals surface area contributed by atoms with Crippen molar-refractivity contribution in [1.82, 2.24) is 19.7 Å². The van der Waals surface area contributed by atoms with Gasteiger partial charge in [-0.2, -0.15) is 10.4 Å². The Hall–Kier alpha value is -3.20. The van der Waals surface area contributed by atoms with Crippen LogP contribution in [0, 0.1) is 31.1 Å². The Labute approximate surface area is 164 Å². The Morgan fingerprint density at radius 1 is 1.32 bits per heavy atom. The molecule has 28 heavy (non-hydrogen) atoms. The first kappa shape index (κ1) is 18.2. The van der Waals surface area contributed by atoms with Gasteiger partial charge >= 0.3 is 0 Å². The lowest BCUT2D eigenvalue weighted by molar-refractivity contribution is 0.0701. The van der Waals surface area contributed by atoms with Crippen LogP contribution in [0.3, 0.4) is 0 Å². The number of hydrogen-bond donors (Lipinski definition) is 0. The molecule has 0 radical (unpaired) electrons. The fourth-order valence-corrected chi connectivity index (χ4v) is 3.85. The number of pyridine rings is 1. The molecule has 0 bridgehead atoms. The van der Waals surface area contributed by atoms with E-state index in [1.54, 1.807) is 10.9 Å². The van der Waals surface area contributed by atoms with Crippen LogP contribution < -0.4 is 0 Å². The lowest BCUT2D eigenvalue weighted by Crippen LogP contribution is -2.39. The first-order chi connectivity index (χ1) is 13.5. The van der Waals surface area contributed by atoms with Crippen molar-refractivity contribution in [2.45, 2.75) is 26.7 Å². The number of amides is 1. The van der Waals surface area contributed by atoms with Gasteiger partial charge in [-0.05, 0) is 43.9 Å². The highest BCUT2D eigenvalue weighted by Gasteiger charge is 2.26. The average Bonchev–Trinajstić information content (AvgIpc) is 3.16. The van der Waals surface area contributed by atoms with Crippen LogP contribution in [0.5, 0.6) is 0 Å². The van der Waals surface area contributed by atoms with Gasteiger partial charge in [0.15, 0.2) is 0 Å². The monoisotopic (exact) mass is 373 g/mol. The Bertz CT molecular complexity index is 1110. The van der Waals surface area contributed by atoms with E-state index in [9.17, 15) is 10.1 Å². The minimum Gasteiger partial charge on any atom is -0.337 e. The first-order valence-electron chi connectivity index (χ1n) is 9.57. The highest BCUT2D eigenvalue weighted by atomic mass is 16.2. The molecule has 1 aliphatic heterocycles. The molecule has 2 aromatic heterocycles. The van der Waals surface area contributed by atoms with Crippen molar-refractivity contribution in [1.29, 1.82) is 5.26 Å². The van der Waals surface area contributed by atoms with Crippen molar-refractivity contribution in [3.63, 3.8) is 0 Å². The maximum atomic E-state index is 13.4. The minimum absolute atomic E-state index is 0.0271. The van der Waals surface area contributed by atoms with E-state index >= 15 is 0 Å². The summed E-state index contributed by atoms with van der Waals surface area (Å²) in [6.45, 7) is 5.27. The smallest absolute Gasteiger partial charge is 0.254 e. The summed E-state index contributed by atoms with van der Waals surface area (Å²) in [6, 6.07) is 8.20. The second-order valence-corrected chi connectivity index (χ2v) is 7.58. The maximum absolute atomic E-state index is 13.4. The molecule has 1 aliphatic rings. The fraction of sp³-hybridized carbons (Fsp3) is 0.364. The summed E-state index contributed by atoms with van der Waals surface area (Å²) in [6.07, 6.45) is 5.39. The summed E-state index contributed by atoms with van der Waals surface area (Å²) < 4.78 is 1.73. The van der Waals surface area contributed by atoms with E-state index in [0.29, 0.717) is 18.7 Å². The molecule has 1 saturated heterocycles. The largest absolute Gasteiger partial charge is 0.337 e. The van der Waals surface area contributed by atoms with Gasteiger partial charge in [0.05, 0.1) is 35.0 Å². The summed E-state index contributed by atoms with van der Waals surface area (Å²) in [5.41, 5.74) is 5.33. The standard InChI is InChI=1S/C22H23N5O/c1-14-6-7-18-19(22(28)27-8-4-5-16(10-23)12-27)9-20(25-21(18)15(14)2)17-11-24-26(3)13-17/h6-7,9,11,13,16H,4-5,8,12H2,1-3H3. The number of hydrogen-bond acceptors (Lipinski definition) is 4. The zero-order valence-electron chi connectivity index (χ0n) is 16.4. The van der Waals surface area contributed by atoms with E-state index in [4.69, 9.17) is 4.98 Å². The quantitative estimate of drug-likeness (QED) is 0.687. The molecule has 0 spiro atoms. The van der Waals surface area contributed by atoms with E-state index < -0.39 is 0 Å². The molecule has 1 unspecified atom stereocenters. The van der Waals surface area contributed by atoms with Crippen LogP contribution in [0.25, 0.3) is 22.2 Å². The average molecular weight is 373 g/mol. The summed E-state index contributed by atoms with van der Waals surface area (Å²) in [4.78, 5) is 20.1. The van der Waals surface area contributed by atoms with Crippen LogP contribution in [-0.2, 0) is 7.05 Å². The number of carbonyl (C=O) groups is 1. The number of nitriles is 1. The number of likely N-dealkylation sites (tertiary alicyclic amines) is 1. The molecular formula is C22H23N5O. The van der Waals surface area contributed by atoms with Gasteiger partial charge < -0.3 is 4.90 Å². The van der Waals surface area contributed by atoms with Crippen LogP contribution in [0.15, 0.2) is 30.6 Å². The second kappa shape index (κ2) is 7.08. The summed E-state index contributed by atoms with van der Waals surface area (Å²) in [5, 5.41) is 14.4. The van der Waals surface area contributed by atoms with Crippen LogP contribution in [0.1, 0.15) is 34.3 Å². The molecule has 6 nitrogen and oxygen atoms in total. The van der Waals surface area contributed by atoms with Crippen molar-refractivity contribution in [3.8, 4) is 17.3 Å². The molecule has 3 aromatic rings. The summed E-state index contributed by atoms with van der Waals surface area (Å²) in [7, 11) is 1.86.